The van der Waals surface area contributed by atoms with Gasteiger partial charge in [-0.3, -0.25) is 4.57 Å². The molecule has 0 aliphatic carbocycles. The van der Waals surface area contributed by atoms with Crippen molar-refractivity contribution in [3.05, 3.63) is 12.1 Å². The number of rotatable bonds is 4. The summed E-state index contributed by atoms with van der Waals surface area (Å²) in [5.74, 6) is 0.318. The highest BCUT2D eigenvalue weighted by molar-refractivity contribution is 6.95. The van der Waals surface area contributed by atoms with Crippen LogP contribution in [0.3, 0.4) is 0 Å². The molecule has 1 aliphatic rings. The smallest absolute Gasteiger partial charge is 0.193 e. The Balaban J connectivity index is 1.96. The Morgan fingerprint density at radius 2 is 1.42 bits per heavy atom. The van der Waals surface area contributed by atoms with Crippen LogP contribution in [0.15, 0.2) is 12.1 Å². The molecule has 0 radical (unpaired) electrons. The lowest BCUT2D eigenvalue weighted by Crippen LogP contribution is -2.55. The summed E-state index contributed by atoms with van der Waals surface area (Å²) in [4.78, 5) is 0. The van der Waals surface area contributed by atoms with Crippen molar-refractivity contribution in [1.82, 2.24) is 8.80 Å². The molecule has 4 nitrogen and oxygen atoms in total. The van der Waals surface area contributed by atoms with E-state index >= 15 is 0 Å². The average molecular weight is 299 g/mol. The van der Waals surface area contributed by atoms with Gasteiger partial charge in [-0.25, -0.2) is 0 Å². The summed E-state index contributed by atoms with van der Waals surface area (Å²) in [6.45, 7) is 11.7. The molecule has 1 aromatic heterocycles. The van der Waals surface area contributed by atoms with Gasteiger partial charge < -0.3 is 14.4 Å². The van der Waals surface area contributed by atoms with Crippen LogP contribution in [0.2, 0.25) is 38.3 Å². The second kappa shape index (κ2) is 4.99. The first-order valence-corrected chi connectivity index (χ1v) is 13.4. The second-order valence-electron chi connectivity index (χ2n) is 6.83. The van der Waals surface area contributed by atoms with Gasteiger partial charge in [-0.05, 0) is 25.1 Å². The van der Waals surface area contributed by atoms with Gasteiger partial charge in [-0.15, -0.1) is 0 Å². The van der Waals surface area contributed by atoms with E-state index in [-0.39, 0.29) is 11.8 Å². The largest absolute Gasteiger partial charge is 0.494 e. The van der Waals surface area contributed by atoms with E-state index in [0.717, 1.165) is 13.0 Å². The first-order chi connectivity index (χ1) is 8.74. The van der Waals surface area contributed by atoms with Gasteiger partial charge >= 0.3 is 0 Å². The minimum atomic E-state index is -1.19. The Kier molecular flexibility index (Phi) is 3.86. The molecule has 1 aliphatic heterocycles. The van der Waals surface area contributed by atoms with Crippen molar-refractivity contribution in [1.29, 1.82) is 0 Å². The third kappa shape index (κ3) is 2.90. The molecule has 19 heavy (non-hydrogen) atoms. The van der Waals surface area contributed by atoms with E-state index < -0.39 is 16.5 Å². The van der Waals surface area contributed by atoms with Crippen LogP contribution in [0.1, 0.15) is 6.42 Å². The van der Waals surface area contributed by atoms with E-state index in [9.17, 15) is 10.2 Å². The summed E-state index contributed by atoms with van der Waals surface area (Å²) in [7, 11) is -2.39. The van der Waals surface area contributed by atoms with Crippen LogP contribution >= 0.6 is 0 Å². The molecule has 0 bridgehead atoms. The summed E-state index contributed by atoms with van der Waals surface area (Å²) in [6, 6.07) is 5.93. The van der Waals surface area contributed by atoms with Gasteiger partial charge in [0.2, 0.25) is 0 Å². The highest BCUT2D eigenvalue weighted by atomic mass is 28.4. The van der Waals surface area contributed by atoms with E-state index in [1.807, 2.05) is 0 Å². The molecule has 2 rings (SSSR count). The molecule has 2 N–H and O–H groups in total. The van der Waals surface area contributed by atoms with E-state index in [4.69, 9.17) is 0 Å². The highest BCUT2D eigenvalue weighted by Gasteiger charge is 2.46. The topological polar surface area (TPSA) is 48.6 Å². The molecule has 0 aromatic carbocycles. The Hall–Kier alpha value is -0.726. The minimum Gasteiger partial charge on any atom is -0.494 e. The first kappa shape index (κ1) is 14.7. The molecule has 1 saturated heterocycles. The van der Waals surface area contributed by atoms with Gasteiger partial charge in [0, 0.05) is 18.7 Å². The summed E-state index contributed by atoms with van der Waals surface area (Å²) in [6.07, 6.45) is 0.989. The van der Waals surface area contributed by atoms with Crippen molar-refractivity contribution >= 4 is 16.5 Å². The Bertz CT molecular complexity index is 422. The molecule has 0 spiro atoms. The maximum Gasteiger partial charge on any atom is 0.193 e. The van der Waals surface area contributed by atoms with Gasteiger partial charge in [0.05, 0.1) is 0 Å². The molecule has 0 unspecified atom stereocenters. The number of aromatic nitrogens is 1. The lowest BCUT2D eigenvalue weighted by molar-refractivity contribution is 0.361. The van der Waals surface area contributed by atoms with Gasteiger partial charge in [0.1, 0.15) is 16.5 Å². The van der Waals surface area contributed by atoms with Crippen LogP contribution in [0.25, 0.3) is 0 Å². The number of hydrogen-bond acceptors (Lipinski definition) is 3. The Morgan fingerprint density at radius 1 is 0.947 bits per heavy atom. The monoisotopic (exact) mass is 298 g/mol. The van der Waals surface area contributed by atoms with Crippen LogP contribution in [-0.4, -0.2) is 42.0 Å². The second-order valence-corrected chi connectivity index (χ2v) is 16.6. The zero-order valence-electron chi connectivity index (χ0n) is 12.5. The van der Waals surface area contributed by atoms with Crippen LogP contribution in [0.4, 0.5) is 0 Å². The summed E-state index contributed by atoms with van der Waals surface area (Å²) >= 11 is 0. The maximum atomic E-state index is 9.64. The normalized spacial score (nSPS) is 21.9. The molecule has 2 heterocycles. The average Bonchev–Trinajstić information content (AvgIpc) is 2.72. The maximum absolute atomic E-state index is 9.64. The quantitative estimate of drug-likeness (QED) is 0.840. The van der Waals surface area contributed by atoms with Crippen LogP contribution in [0, 0.1) is 0 Å². The van der Waals surface area contributed by atoms with Crippen molar-refractivity contribution in [3.8, 4) is 11.8 Å². The fourth-order valence-electron chi connectivity index (χ4n) is 3.37. The number of hydrogen-bond donors (Lipinski definition) is 2. The van der Waals surface area contributed by atoms with Crippen molar-refractivity contribution in [2.45, 2.75) is 51.2 Å². The lowest BCUT2D eigenvalue weighted by Gasteiger charge is -2.39. The van der Waals surface area contributed by atoms with Crippen molar-refractivity contribution in [2.75, 3.05) is 6.54 Å². The number of aromatic hydroxyl groups is 2. The Labute approximate surface area is 117 Å². The molecule has 0 amide bonds. The van der Waals surface area contributed by atoms with Crippen molar-refractivity contribution in [3.63, 3.8) is 0 Å². The van der Waals surface area contributed by atoms with Gasteiger partial charge in [-0.2, -0.15) is 0 Å². The highest BCUT2D eigenvalue weighted by Crippen LogP contribution is 2.36. The third-order valence-corrected chi connectivity index (χ3v) is 15.0. The van der Waals surface area contributed by atoms with Crippen molar-refractivity contribution < 1.29 is 10.2 Å². The van der Waals surface area contributed by atoms with E-state index in [0.29, 0.717) is 6.54 Å². The molecular weight excluding hydrogens is 272 g/mol. The predicted octanol–water partition coefficient (Wildman–Crippen LogP) is 3.02. The van der Waals surface area contributed by atoms with E-state index in [1.54, 1.807) is 16.7 Å². The fourth-order valence-corrected chi connectivity index (χ4v) is 17.6. The SMILES string of the molecule is C[Si]1(C)CC[Si](C)(C)N1CCCn1c(O)ccc1O. The predicted molar refractivity (Wildman–Crippen MR) is 83.7 cm³/mol. The zero-order chi connectivity index (χ0) is 14.3. The summed E-state index contributed by atoms with van der Waals surface area (Å²) in [5, 5.41) is 19.3. The molecule has 1 aromatic rings. The van der Waals surface area contributed by atoms with Crippen molar-refractivity contribution in [2.24, 2.45) is 0 Å². The Morgan fingerprint density at radius 3 is 1.89 bits per heavy atom. The minimum absolute atomic E-state index is 0.159. The standard InChI is InChI=1S/C13H26N2O2Si2/c1-18(2)10-11-19(3,4)15(18)9-5-8-14-12(16)6-7-13(14)17/h6-7,16-17H,5,8-11H2,1-4H3. The molecule has 6 heteroatoms. The van der Waals surface area contributed by atoms with Gasteiger partial charge in [-0.1, -0.05) is 26.2 Å². The van der Waals surface area contributed by atoms with Gasteiger partial charge in [0.25, 0.3) is 0 Å². The van der Waals surface area contributed by atoms with E-state index in [2.05, 4.69) is 30.4 Å². The van der Waals surface area contributed by atoms with E-state index in [1.165, 1.54) is 12.1 Å². The summed E-state index contributed by atoms with van der Waals surface area (Å²) < 4.78 is 4.41. The fraction of sp³-hybridized carbons (Fsp3) is 0.692. The lowest BCUT2D eigenvalue weighted by atomic mass is 10.4. The molecule has 0 saturated carbocycles. The zero-order valence-corrected chi connectivity index (χ0v) is 14.5. The van der Waals surface area contributed by atoms with Crippen LogP contribution < -0.4 is 0 Å². The van der Waals surface area contributed by atoms with Gasteiger partial charge in [0.15, 0.2) is 11.8 Å². The summed E-state index contributed by atoms with van der Waals surface area (Å²) in [5.41, 5.74) is 0. The molecular formula is C13H26N2O2Si2. The van der Waals surface area contributed by atoms with Crippen LogP contribution in [-0.2, 0) is 6.54 Å². The molecule has 0 atom stereocenters. The van der Waals surface area contributed by atoms with Crippen LogP contribution in [0.5, 0.6) is 11.8 Å². The first-order valence-electron chi connectivity index (χ1n) is 7.09. The molecule has 108 valence electrons. The third-order valence-electron chi connectivity index (χ3n) is 4.51. The number of nitrogens with zero attached hydrogens (tertiary/aromatic N) is 2. The molecule has 1 fully saturated rings.